The van der Waals surface area contributed by atoms with E-state index in [1.165, 1.54) is 7.11 Å². The number of hydrogen-bond acceptors (Lipinski definition) is 3. The summed E-state index contributed by atoms with van der Waals surface area (Å²) in [4.78, 5) is 3.34. The molecule has 0 aromatic carbocycles. The van der Waals surface area contributed by atoms with Crippen molar-refractivity contribution in [3.05, 3.63) is 18.0 Å². The summed E-state index contributed by atoms with van der Waals surface area (Å²) in [7, 11) is 1.19. The first-order valence-corrected chi connectivity index (χ1v) is 3.63. The quantitative estimate of drug-likeness (QED) is 0.563. The first-order chi connectivity index (χ1) is 6.49. The van der Waals surface area contributed by atoms with Crippen molar-refractivity contribution < 1.29 is 69.1 Å². The molecule has 1 heterocycles. The molecule has 0 aliphatic rings. The molecule has 0 unspecified atom stereocenters. The molecule has 8 heteroatoms. The topological polar surface area (TPSA) is 45.9 Å². The van der Waals surface area contributed by atoms with E-state index in [1.807, 2.05) is 0 Å². The first kappa shape index (κ1) is 14.9. The summed E-state index contributed by atoms with van der Waals surface area (Å²) in [6.45, 7) is -5.10. The maximum atomic E-state index is 12.2. The maximum Gasteiger partial charge on any atom is 1.00 e. The van der Waals surface area contributed by atoms with E-state index in [-0.39, 0.29) is 62.8 Å². The number of rotatable bonds is 2. The fraction of sp³-hybridized carbons (Fsp3) is 0.143. The van der Waals surface area contributed by atoms with Crippen molar-refractivity contribution in [3.63, 3.8) is 0 Å². The van der Waals surface area contributed by atoms with Crippen molar-refractivity contribution >= 4 is 12.4 Å². The summed E-state index contributed by atoms with van der Waals surface area (Å²) in [5, 5.41) is 8.47. The van der Waals surface area contributed by atoms with Gasteiger partial charge in [-0.2, -0.15) is 5.26 Å². The van der Waals surface area contributed by atoms with Crippen molar-refractivity contribution in [1.29, 1.82) is 5.26 Å². The number of hydrogen-bond donors (Lipinski definition) is 0. The van der Waals surface area contributed by atoms with Crippen LogP contribution >= 0.6 is 0 Å². The Morgan fingerprint density at radius 3 is 2.47 bits per heavy atom. The van der Waals surface area contributed by atoms with Crippen LogP contribution in [0.2, 0.25) is 0 Å². The smallest absolute Gasteiger partial charge is 0.494 e. The summed E-state index contributed by atoms with van der Waals surface area (Å²) in [5.41, 5.74) is -1.03. The van der Waals surface area contributed by atoms with E-state index in [0.717, 1.165) is 6.07 Å². The number of aromatic nitrogens is 1. The summed E-state index contributed by atoms with van der Waals surface area (Å²) in [5.74, 6) is -0.163. The molecule has 0 aliphatic carbocycles. The number of methoxy groups -OCH3 is 1. The van der Waals surface area contributed by atoms with Crippen LogP contribution in [-0.2, 0) is 0 Å². The second-order valence-electron chi connectivity index (χ2n) is 2.51. The van der Waals surface area contributed by atoms with Gasteiger partial charge in [-0.25, -0.2) is 4.98 Å². The molecule has 0 aliphatic heterocycles. The standard InChI is InChI=1S/C7H5BF3N2O.K/c1-14-7-2-5(8(9,10)11)4-13-6(7)3-12;/h2,4H,1H3;/q-1;+1. The Balaban J connectivity index is 0.00000196. The van der Waals surface area contributed by atoms with Gasteiger partial charge in [-0.05, 0) is 6.07 Å². The number of halogens is 3. The third kappa shape index (κ3) is 3.77. The molecule has 1 aromatic rings. The summed E-state index contributed by atoms with van der Waals surface area (Å²) in [6, 6.07) is 2.40. The summed E-state index contributed by atoms with van der Waals surface area (Å²) < 4.78 is 41.3. The van der Waals surface area contributed by atoms with Crippen LogP contribution in [0.25, 0.3) is 0 Å². The minimum Gasteiger partial charge on any atom is -0.494 e. The van der Waals surface area contributed by atoms with Crippen LogP contribution in [-0.4, -0.2) is 19.1 Å². The van der Waals surface area contributed by atoms with Gasteiger partial charge in [0.1, 0.15) is 6.07 Å². The molecule has 0 bridgehead atoms. The van der Waals surface area contributed by atoms with Gasteiger partial charge in [0.15, 0.2) is 11.4 Å². The van der Waals surface area contributed by atoms with Crippen molar-refractivity contribution in [2.24, 2.45) is 0 Å². The van der Waals surface area contributed by atoms with Gasteiger partial charge in [-0.3, -0.25) is 0 Å². The molecule has 1 rings (SSSR count). The third-order valence-corrected chi connectivity index (χ3v) is 1.58. The zero-order chi connectivity index (χ0) is 10.8. The van der Waals surface area contributed by atoms with E-state index >= 15 is 0 Å². The van der Waals surface area contributed by atoms with Crippen LogP contribution in [0.4, 0.5) is 12.9 Å². The number of nitrogens with zero attached hydrogens (tertiary/aromatic N) is 2. The number of nitriles is 1. The Hall–Kier alpha value is -0.0687. The van der Waals surface area contributed by atoms with E-state index in [9.17, 15) is 12.9 Å². The van der Waals surface area contributed by atoms with Gasteiger partial charge in [0.05, 0.1) is 7.11 Å². The average Bonchev–Trinajstić information content (AvgIpc) is 2.15. The maximum absolute atomic E-state index is 12.2. The van der Waals surface area contributed by atoms with Crippen LogP contribution in [0.3, 0.4) is 0 Å². The van der Waals surface area contributed by atoms with Gasteiger partial charge in [0, 0.05) is 6.20 Å². The molecule has 0 fully saturated rings. The van der Waals surface area contributed by atoms with Gasteiger partial charge in [0.2, 0.25) is 0 Å². The molecule has 0 radical (unpaired) electrons. The number of ether oxygens (including phenoxy) is 1. The molecule has 74 valence electrons. The third-order valence-electron chi connectivity index (χ3n) is 1.58. The van der Waals surface area contributed by atoms with Crippen LogP contribution in [0.5, 0.6) is 5.75 Å². The normalized spacial score (nSPS) is 10.1. The molecule has 1 aromatic heterocycles. The Bertz CT molecular complexity index is 391. The second kappa shape index (κ2) is 5.86. The molecular formula is C7H5BF3KN2O. The van der Waals surface area contributed by atoms with E-state index in [4.69, 9.17) is 5.26 Å². The molecular weight excluding hydrogens is 235 g/mol. The minimum atomic E-state index is -5.10. The Morgan fingerprint density at radius 1 is 1.47 bits per heavy atom. The monoisotopic (exact) mass is 240 g/mol. The van der Waals surface area contributed by atoms with Crippen LogP contribution in [0.1, 0.15) is 5.69 Å². The van der Waals surface area contributed by atoms with Crippen molar-refractivity contribution in [2.75, 3.05) is 7.11 Å². The van der Waals surface area contributed by atoms with E-state index in [1.54, 1.807) is 6.07 Å². The minimum absolute atomic E-state index is 0. The van der Waals surface area contributed by atoms with Crippen molar-refractivity contribution in [3.8, 4) is 11.8 Å². The molecule has 0 saturated heterocycles. The first-order valence-electron chi connectivity index (χ1n) is 3.63. The molecule has 0 N–H and O–H groups in total. The number of pyridine rings is 1. The van der Waals surface area contributed by atoms with Crippen LogP contribution in [0.15, 0.2) is 12.3 Å². The molecule has 3 nitrogen and oxygen atoms in total. The molecule has 15 heavy (non-hydrogen) atoms. The molecule has 0 spiro atoms. The average molecular weight is 240 g/mol. The van der Waals surface area contributed by atoms with Gasteiger partial charge in [-0.1, -0.05) is 5.46 Å². The Kier molecular flexibility index (Phi) is 5.84. The summed E-state index contributed by atoms with van der Waals surface area (Å²) >= 11 is 0. The second-order valence-corrected chi connectivity index (χ2v) is 2.51. The Morgan fingerprint density at radius 2 is 2.07 bits per heavy atom. The largest absolute Gasteiger partial charge is 1.00 e. The predicted octanol–water partition coefficient (Wildman–Crippen LogP) is -1.98. The van der Waals surface area contributed by atoms with E-state index in [0.29, 0.717) is 6.20 Å². The molecule has 0 atom stereocenters. The van der Waals surface area contributed by atoms with Crippen molar-refractivity contribution in [2.45, 2.75) is 0 Å². The van der Waals surface area contributed by atoms with Gasteiger partial charge >= 0.3 is 58.4 Å². The zero-order valence-corrected chi connectivity index (χ0v) is 11.3. The Labute approximate surface area is 127 Å². The summed E-state index contributed by atoms with van der Waals surface area (Å²) in [6.07, 6.45) is 0.626. The van der Waals surface area contributed by atoms with Gasteiger partial charge < -0.3 is 17.7 Å². The van der Waals surface area contributed by atoms with Gasteiger partial charge in [-0.15, -0.1) is 0 Å². The van der Waals surface area contributed by atoms with Crippen LogP contribution < -0.4 is 61.6 Å². The SMILES string of the molecule is COc1cc([B-](F)(F)F)cnc1C#N.[K+]. The van der Waals surface area contributed by atoms with Crippen molar-refractivity contribution in [1.82, 2.24) is 4.98 Å². The molecule has 0 amide bonds. The fourth-order valence-electron chi connectivity index (χ4n) is 0.878. The fourth-order valence-corrected chi connectivity index (χ4v) is 0.878. The van der Waals surface area contributed by atoms with Gasteiger partial charge in [0.25, 0.3) is 0 Å². The zero-order valence-electron chi connectivity index (χ0n) is 8.17. The van der Waals surface area contributed by atoms with E-state index in [2.05, 4.69) is 9.72 Å². The van der Waals surface area contributed by atoms with Crippen LogP contribution in [0, 0.1) is 11.3 Å². The van der Waals surface area contributed by atoms with E-state index < -0.39 is 12.4 Å². The predicted molar refractivity (Wildman–Crippen MR) is 44.2 cm³/mol. The molecule has 0 saturated carbocycles.